The minimum absolute atomic E-state index is 0.353. The molecule has 2 aliphatic heterocycles. The average molecular weight is 819 g/mol. The first kappa shape index (κ1) is 36.3. The second-order valence-electron chi connectivity index (χ2n) is 16.7. The van der Waals surface area contributed by atoms with Crippen molar-refractivity contribution >= 4 is 33.3 Å². The lowest BCUT2D eigenvalue weighted by Crippen LogP contribution is -2.33. The van der Waals surface area contributed by atoms with Crippen LogP contribution in [0, 0.1) is 0 Å². The summed E-state index contributed by atoms with van der Waals surface area (Å²) in [4.78, 5) is 16.1. The Balaban J connectivity index is 1.05. The summed E-state index contributed by atoms with van der Waals surface area (Å²) < 4.78 is 6.66. The van der Waals surface area contributed by atoms with Gasteiger partial charge >= 0.3 is 0 Å². The molecule has 1 aromatic heterocycles. The van der Waals surface area contributed by atoms with E-state index >= 15 is 0 Å². The molecule has 3 heterocycles. The highest BCUT2D eigenvalue weighted by atomic mass is 16.5. The summed E-state index contributed by atoms with van der Waals surface area (Å²) in [5, 5.41) is 7.01. The molecule has 1 aliphatic carbocycles. The van der Waals surface area contributed by atoms with E-state index in [1.807, 2.05) is 24.3 Å². The molecule has 1 unspecified atom stereocenters. The first-order valence-electron chi connectivity index (χ1n) is 21.8. The molecule has 0 radical (unpaired) electrons. The number of rotatable bonds is 5. The molecule has 0 amide bonds. The summed E-state index contributed by atoms with van der Waals surface area (Å²) in [5.41, 5.74) is 14.8. The predicted molar refractivity (Wildman–Crippen MR) is 259 cm³/mol. The predicted octanol–water partition coefficient (Wildman–Crippen LogP) is 13.7. The van der Waals surface area contributed by atoms with Gasteiger partial charge in [0.1, 0.15) is 23.5 Å². The van der Waals surface area contributed by atoms with Crippen molar-refractivity contribution in [2.24, 2.45) is 9.98 Å². The van der Waals surface area contributed by atoms with Gasteiger partial charge in [-0.2, -0.15) is 0 Å². The number of hydrogen-bond acceptors (Lipinski definition) is 5. The molecular weight excluding hydrogens is 781 g/mol. The first-order chi connectivity index (χ1) is 31.7. The minimum Gasteiger partial charge on any atom is -0.457 e. The molecule has 0 bridgehead atoms. The number of benzene rings is 9. The van der Waals surface area contributed by atoms with E-state index in [0.29, 0.717) is 5.84 Å². The van der Waals surface area contributed by atoms with Crippen molar-refractivity contribution in [2.45, 2.75) is 11.6 Å². The third-order valence-electron chi connectivity index (χ3n) is 13.2. The number of ether oxygens (including phenoxy) is 1. The van der Waals surface area contributed by atoms with Crippen molar-refractivity contribution in [2.75, 3.05) is 0 Å². The SMILES string of the molecule is c1ccc(C2=NC(c3ccc4c(c3)nc(-c3ccccc3)c3ccc5c(c34)-c3ccccc3C53c4ccccc4Oc4ccccc43)=NC(c3ccc(-c4ccccc4)cc3)N2)cc1. The van der Waals surface area contributed by atoms with E-state index in [0.717, 1.165) is 78.3 Å². The Kier molecular flexibility index (Phi) is 8.12. The Morgan fingerprint density at radius 2 is 1.02 bits per heavy atom. The number of aromatic nitrogens is 1. The van der Waals surface area contributed by atoms with Gasteiger partial charge in [0.25, 0.3) is 0 Å². The van der Waals surface area contributed by atoms with Gasteiger partial charge < -0.3 is 10.1 Å². The van der Waals surface area contributed by atoms with Crippen molar-refractivity contribution in [3.63, 3.8) is 0 Å². The van der Waals surface area contributed by atoms with E-state index in [1.165, 1.54) is 33.2 Å². The maximum absolute atomic E-state index is 6.66. The van der Waals surface area contributed by atoms with Gasteiger partial charge in [0, 0.05) is 44.0 Å². The van der Waals surface area contributed by atoms with Crippen LogP contribution >= 0.6 is 0 Å². The van der Waals surface area contributed by atoms with Crippen molar-refractivity contribution in [1.29, 1.82) is 0 Å². The molecule has 5 nitrogen and oxygen atoms in total. The van der Waals surface area contributed by atoms with Gasteiger partial charge in [-0.1, -0.05) is 200 Å². The van der Waals surface area contributed by atoms with Gasteiger partial charge in [0.15, 0.2) is 5.84 Å². The summed E-state index contributed by atoms with van der Waals surface area (Å²) in [7, 11) is 0. The van der Waals surface area contributed by atoms with Crippen LogP contribution in [0.25, 0.3) is 55.2 Å². The zero-order chi connectivity index (χ0) is 42.2. The van der Waals surface area contributed by atoms with Crippen LogP contribution in [0.15, 0.2) is 228 Å². The normalized spacial score (nSPS) is 15.3. The van der Waals surface area contributed by atoms with Crippen LogP contribution in [0.1, 0.15) is 45.1 Å². The molecule has 9 aromatic carbocycles. The molecule has 5 heteroatoms. The van der Waals surface area contributed by atoms with Crippen LogP contribution in [0.4, 0.5) is 0 Å². The molecule has 64 heavy (non-hydrogen) atoms. The molecule has 300 valence electrons. The van der Waals surface area contributed by atoms with E-state index < -0.39 is 5.41 Å². The monoisotopic (exact) mass is 818 g/mol. The maximum atomic E-state index is 6.66. The number of amidine groups is 2. The summed E-state index contributed by atoms with van der Waals surface area (Å²) >= 11 is 0. The highest BCUT2D eigenvalue weighted by Crippen LogP contribution is 2.63. The van der Waals surface area contributed by atoms with E-state index in [1.54, 1.807) is 0 Å². The molecule has 0 saturated heterocycles. The van der Waals surface area contributed by atoms with Crippen molar-refractivity contribution in [3.8, 4) is 45.0 Å². The second kappa shape index (κ2) is 14.3. The summed E-state index contributed by atoms with van der Waals surface area (Å²) in [6, 6.07) is 77.2. The van der Waals surface area contributed by atoms with Crippen LogP contribution in [0.2, 0.25) is 0 Å². The molecule has 0 fully saturated rings. The lowest BCUT2D eigenvalue weighted by molar-refractivity contribution is 0.436. The number of nitrogens with one attached hydrogen (secondary N) is 1. The van der Waals surface area contributed by atoms with Gasteiger partial charge in [-0.15, -0.1) is 0 Å². The van der Waals surface area contributed by atoms with Gasteiger partial charge in [0.05, 0.1) is 16.6 Å². The van der Waals surface area contributed by atoms with Crippen LogP contribution in [-0.2, 0) is 5.41 Å². The van der Waals surface area contributed by atoms with Crippen molar-refractivity contribution in [3.05, 3.63) is 257 Å². The average Bonchev–Trinajstić information content (AvgIpc) is 3.67. The van der Waals surface area contributed by atoms with Crippen LogP contribution in [-0.4, -0.2) is 16.7 Å². The molecule has 1 atom stereocenters. The third-order valence-corrected chi connectivity index (χ3v) is 13.2. The Labute approximate surface area is 370 Å². The molecule has 10 aromatic rings. The number of pyridine rings is 1. The topological polar surface area (TPSA) is 58.9 Å². The van der Waals surface area contributed by atoms with Crippen LogP contribution in [0.3, 0.4) is 0 Å². The fourth-order valence-electron chi connectivity index (χ4n) is 10.4. The van der Waals surface area contributed by atoms with Gasteiger partial charge in [-0.25, -0.2) is 15.0 Å². The number of fused-ring (bicyclic) bond motifs is 13. The highest BCUT2D eigenvalue weighted by molar-refractivity contribution is 6.21. The lowest BCUT2D eigenvalue weighted by atomic mass is 9.66. The smallest absolute Gasteiger partial charge is 0.159 e. The highest BCUT2D eigenvalue weighted by Gasteiger charge is 2.51. The van der Waals surface area contributed by atoms with Crippen molar-refractivity contribution in [1.82, 2.24) is 10.3 Å². The summed E-state index contributed by atoms with van der Waals surface area (Å²) in [5.74, 6) is 3.18. The van der Waals surface area contributed by atoms with E-state index in [2.05, 4.69) is 199 Å². The first-order valence-corrected chi connectivity index (χ1v) is 21.8. The van der Waals surface area contributed by atoms with Crippen molar-refractivity contribution < 1.29 is 4.74 Å². The fourth-order valence-corrected chi connectivity index (χ4v) is 10.4. The quantitative estimate of drug-likeness (QED) is 0.176. The van der Waals surface area contributed by atoms with Gasteiger partial charge in [0.2, 0.25) is 0 Å². The molecule has 3 aliphatic rings. The summed E-state index contributed by atoms with van der Waals surface area (Å²) in [6.45, 7) is 0. The molecule has 1 spiro atoms. The number of aliphatic imine (C=N–C) groups is 2. The Morgan fingerprint density at radius 1 is 0.453 bits per heavy atom. The zero-order valence-corrected chi connectivity index (χ0v) is 34.6. The Hall–Kier alpha value is -8.41. The van der Waals surface area contributed by atoms with Gasteiger partial charge in [-0.05, 0) is 57.1 Å². The van der Waals surface area contributed by atoms with E-state index in [9.17, 15) is 0 Å². The molecule has 1 N–H and O–H groups in total. The minimum atomic E-state index is -0.589. The maximum Gasteiger partial charge on any atom is 0.159 e. The zero-order valence-electron chi connectivity index (χ0n) is 34.6. The van der Waals surface area contributed by atoms with Crippen LogP contribution < -0.4 is 10.1 Å². The van der Waals surface area contributed by atoms with E-state index in [4.69, 9.17) is 19.7 Å². The molecular formula is C59H38N4O. The Morgan fingerprint density at radius 3 is 1.72 bits per heavy atom. The van der Waals surface area contributed by atoms with E-state index in [-0.39, 0.29) is 6.17 Å². The number of hydrogen-bond donors (Lipinski definition) is 1. The third kappa shape index (κ3) is 5.47. The van der Waals surface area contributed by atoms with Gasteiger partial charge in [-0.3, -0.25) is 0 Å². The molecule has 13 rings (SSSR count). The second-order valence-corrected chi connectivity index (χ2v) is 16.7. The Bertz CT molecular complexity index is 3500. The van der Waals surface area contributed by atoms with Crippen LogP contribution in [0.5, 0.6) is 11.5 Å². The molecule has 0 saturated carbocycles. The number of nitrogens with zero attached hydrogens (tertiary/aromatic N) is 3. The lowest BCUT2D eigenvalue weighted by Gasteiger charge is -2.39. The number of para-hydroxylation sites is 2. The standard InChI is InChI=1S/C59H38N4O/c1-4-16-37(17-5-1)38-28-30-41(31-29-38)57-61-56(40-20-8-3-9-21-40)62-58(63-57)42-32-33-44-50(36-42)60-55(39-18-6-2-7-19-39)45-34-35-49-54(53(44)45)43-22-10-11-23-46(43)59(49)47-24-12-14-26-51(47)64-52-27-15-13-25-48(52)59/h1-36,57H,(H,61,62,63). The largest absolute Gasteiger partial charge is 0.457 e. The summed E-state index contributed by atoms with van der Waals surface area (Å²) in [6.07, 6.45) is -0.353. The fraction of sp³-hybridized carbons (Fsp3) is 0.0339.